The largest absolute Gasteiger partial charge is 0.115 e. The van der Waals surface area contributed by atoms with Crippen LogP contribution in [0.2, 0.25) is 39.3 Å². The molecule has 0 aromatic heterocycles. The minimum Gasteiger partial charge on any atom is -0.115 e. The summed E-state index contributed by atoms with van der Waals surface area (Å²) in [5.74, 6) is 5.70. The Morgan fingerprint density at radius 2 is 1.17 bits per heavy atom. The molecule has 0 heterocycles. The van der Waals surface area contributed by atoms with Crippen LogP contribution in [0.25, 0.3) is 0 Å². The lowest BCUT2D eigenvalue weighted by molar-refractivity contribution is 1.60. The highest BCUT2D eigenvalue weighted by Crippen LogP contribution is 2.12. The van der Waals surface area contributed by atoms with Crippen LogP contribution in [-0.4, -0.2) is 16.1 Å². The first-order valence-corrected chi connectivity index (χ1v) is 13.2. The van der Waals surface area contributed by atoms with Gasteiger partial charge < -0.3 is 0 Å². The van der Waals surface area contributed by atoms with Crippen molar-refractivity contribution in [1.29, 1.82) is 0 Å². The first-order chi connectivity index (χ1) is 8.11. The van der Waals surface area contributed by atoms with Gasteiger partial charge in [-0.25, -0.2) is 0 Å². The molecule has 1 rings (SSSR count). The van der Waals surface area contributed by atoms with Gasteiger partial charge in [0.1, 0.15) is 0 Å². The molecule has 0 amide bonds. The van der Waals surface area contributed by atoms with Crippen molar-refractivity contribution in [3.8, 4) is 24.7 Å². The van der Waals surface area contributed by atoms with Gasteiger partial charge >= 0.3 is 0 Å². The number of hydrogen-bond donors (Lipinski definition) is 0. The SMILES string of the molecule is C#Cc1cc([Si](C)(C)C)cc(C#C)c1[Si](C)(C)C. The highest BCUT2D eigenvalue weighted by Gasteiger charge is 2.26. The third kappa shape index (κ3) is 2.96. The Labute approximate surface area is 114 Å². The Hall–Kier alpha value is -1.23. The third-order valence-electron chi connectivity index (χ3n) is 3.07. The minimum atomic E-state index is -1.52. The average molecular weight is 271 g/mol. The maximum atomic E-state index is 5.70. The Bertz CT molecular complexity index is 505. The van der Waals surface area contributed by atoms with E-state index in [1.54, 1.807) is 0 Å². The van der Waals surface area contributed by atoms with Gasteiger partial charge in [-0.05, 0) is 17.3 Å². The van der Waals surface area contributed by atoms with Crippen molar-refractivity contribution in [3.63, 3.8) is 0 Å². The fourth-order valence-corrected chi connectivity index (χ4v) is 5.17. The van der Waals surface area contributed by atoms with E-state index in [0.29, 0.717) is 0 Å². The van der Waals surface area contributed by atoms with Gasteiger partial charge in [-0.3, -0.25) is 0 Å². The van der Waals surface area contributed by atoms with Crippen LogP contribution in [-0.2, 0) is 0 Å². The van der Waals surface area contributed by atoms with Crippen LogP contribution in [0.4, 0.5) is 0 Å². The predicted octanol–water partition coefficient (Wildman–Crippen LogP) is 2.74. The summed E-state index contributed by atoms with van der Waals surface area (Å²) in [5, 5.41) is 2.61. The van der Waals surface area contributed by atoms with Crippen LogP contribution < -0.4 is 10.4 Å². The maximum absolute atomic E-state index is 5.70. The molecule has 18 heavy (non-hydrogen) atoms. The molecule has 1 aromatic rings. The van der Waals surface area contributed by atoms with Crippen molar-refractivity contribution in [1.82, 2.24) is 0 Å². The quantitative estimate of drug-likeness (QED) is 0.573. The Morgan fingerprint density at radius 3 is 1.39 bits per heavy atom. The predicted molar refractivity (Wildman–Crippen MR) is 88.3 cm³/mol. The second-order valence-corrected chi connectivity index (χ2v) is 16.8. The van der Waals surface area contributed by atoms with E-state index >= 15 is 0 Å². The molecule has 0 saturated carbocycles. The summed E-state index contributed by atoms with van der Waals surface area (Å²) in [7, 11) is -2.90. The Morgan fingerprint density at radius 1 is 0.778 bits per heavy atom. The van der Waals surface area contributed by atoms with Crippen LogP contribution in [0.5, 0.6) is 0 Å². The van der Waals surface area contributed by atoms with Crippen LogP contribution >= 0.6 is 0 Å². The van der Waals surface area contributed by atoms with Crippen molar-refractivity contribution in [2.24, 2.45) is 0 Å². The molecule has 0 atom stereocenters. The third-order valence-corrected chi connectivity index (χ3v) is 7.12. The van der Waals surface area contributed by atoms with Gasteiger partial charge in [0, 0.05) is 11.1 Å². The molecule has 0 radical (unpaired) electrons. The van der Waals surface area contributed by atoms with E-state index < -0.39 is 16.1 Å². The summed E-state index contributed by atoms with van der Waals surface area (Å²) in [6, 6.07) is 4.39. The first-order valence-electron chi connectivity index (χ1n) is 6.23. The van der Waals surface area contributed by atoms with Crippen molar-refractivity contribution in [3.05, 3.63) is 23.3 Å². The van der Waals surface area contributed by atoms with E-state index in [2.05, 4.69) is 63.3 Å². The molecule has 0 fully saturated rings. The molecular weight excluding hydrogens is 248 g/mol. The summed E-state index contributed by atoms with van der Waals surface area (Å²) >= 11 is 0. The van der Waals surface area contributed by atoms with E-state index in [-0.39, 0.29) is 0 Å². The molecule has 0 bridgehead atoms. The lowest BCUT2D eigenvalue weighted by Crippen LogP contribution is -2.46. The van der Waals surface area contributed by atoms with Crippen LogP contribution in [0.1, 0.15) is 11.1 Å². The second-order valence-electron chi connectivity index (χ2n) is 6.74. The average Bonchev–Trinajstić information content (AvgIpc) is 2.24. The second kappa shape index (κ2) is 4.80. The molecule has 1 aromatic carbocycles. The Balaban J connectivity index is 3.69. The molecular formula is C16H22Si2. The van der Waals surface area contributed by atoms with Crippen molar-refractivity contribution < 1.29 is 0 Å². The number of rotatable bonds is 2. The fraction of sp³-hybridized carbons (Fsp3) is 0.375. The number of benzene rings is 1. The summed E-state index contributed by atoms with van der Waals surface area (Å²) in [4.78, 5) is 0. The number of terminal acetylenes is 2. The molecule has 0 aliphatic rings. The van der Waals surface area contributed by atoms with Crippen LogP contribution in [0, 0.1) is 24.7 Å². The first kappa shape index (κ1) is 14.8. The van der Waals surface area contributed by atoms with Gasteiger partial charge in [-0.1, -0.05) is 56.3 Å². The van der Waals surface area contributed by atoms with E-state index in [1.165, 1.54) is 10.4 Å². The molecule has 2 heteroatoms. The fourth-order valence-electron chi connectivity index (χ4n) is 2.11. The van der Waals surface area contributed by atoms with E-state index in [9.17, 15) is 0 Å². The van der Waals surface area contributed by atoms with E-state index in [1.807, 2.05) is 0 Å². The normalized spacial score (nSPS) is 11.8. The highest BCUT2D eigenvalue weighted by molar-refractivity contribution is 6.91. The molecule has 0 nitrogen and oxygen atoms in total. The standard InChI is InChI=1S/C16H22Si2/c1-9-13-11-15(17(3,4)5)12-14(10-2)16(13)18(6,7)8/h1-2,11-12H,3-8H3. The van der Waals surface area contributed by atoms with Crippen molar-refractivity contribution >= 4 is 26.5 Å². The summed E-state index contributed by atoms with van der Waals surface area (Å²) < 4.78 is 0. The van der Waals surface area contributed by atoms with Gasteiger partial charge in [-0.2, -0.15) is 0 Å². The van der Waals surface area contributed by atoms with Crippen molar-refractivity contribution in [2.45, 2.75) is 39.3 Å². The maximum Gasteiger partial charge on any atom is 0.0808 e. The smallest absolute Gasteiger partial charge is 0.0808 e. The molecule has 0 aliphatic carbocycles. The molecule has 0 spiro atoms. The summed E-state index contributed by atoms with van der Waals surface area (Å²) in [6.07, 6.45) is 11.4. The number of hydrogen-bond acceptors (Lipinski definition) is 0. The molecule has 94 valence electrons. The molecule has 0 saturated heterocycles. The van der Waals surface area contributed by atoms with E-state index in [4.69, 9.17) is 12.8 Å². The molecule has 0 N–H and O–H groups in total. The van der Waals surface area contributed by atoms with Gasteiger partial charge in [0.15, 0.2) is 0 Å². The summed E-state index contributed by atoms with van der Waals surface area (Å²) in [6.45, 7) is 13.8. The monoisotopic (exact) mass is 270 g/mol. The zero-order valence-electron chi connectivity index (χ0n) is 12.3. The lowest BCUT2D eigenvalue weighted by atomic mass is 10.1. The van der Waals surface area contributed by atoms with Crippen LogP contribution in [0.3, 0.4) is 0 Å². The van der Waals surface area contributed by atoms with Gasteiger partial charge in [0.25, 0.3) is 0 Å². The Kier molecular flexibility index (Phi) is 3.96. The molecule has 0 aliphatic heterocycles. The van der Waals surface area contributed by atoms with Gasteiger partial charge in [0.05, 0.1) is 16.1 Å². The minimum absolute atomic E-state index is 1.02. The van der Waals surface area contributed by atoms with Gasteiger partial charge in [0.2, 0.25) is 0 Å². The van der Waals surface area contributed by atoms with Crippen molar-refractivity contribution in [2.75, 3.05) is 0 Å². The molecule has 0 unspecified atom stereocenters. The highest BCUT2D eigenvalue weighted by atomic mass is 28.3. The van der Waals surface area contributed by atoms with Crippen LogP contribution in [0.15, 0.2) is 12.1 Å². The zero-order chi connectivity index (χ0) is 14.1. The van der Waals surface area contributed by atoms with Gasteiger partial charge in [-0.15, -0.1) is 12.8 Å². The topological polar surface area (TPSA) is 0 Å². The zero-order valence-corrected chi connectivity index (χ0v) is 14.3. The lowest BCUT2D eigenvalue weighted by Gasteiger charge is -2.25. The summed E-state index contributed by atoms with van der Waals surface area (Å²) in [5.41, 5.74) is 2.03. The van der Waals surface area contributed by atoms with E-state index in [0.717, 1.165) is 11.1 Å².